The molecule has 82 valence electrons. The molecule has 1 fully saturated rings. The summed E-state index contributed by atoms with van der Waals surface area (Å²) >= 11 is 0. The minimum Gasteiger partial charge on any atom is -0.347 e. The van der Waals surface area contributed by atoms with E-state index in [2.05, 4.69) is 9.97 Å². The predicted octanol–water partition coefficient (Wildman–Crippen LogP) is 0.249. The highest BCUT2D eigenvalue weighted by atomic mass is 16.2. The van der Waals surface area contributed by atoms with E-state index in [1.165, 1.54) is 0 Å². The van der Waals surface area contributed by atoms with Gasteiger partial charge in [0, 0.05) is 19.4 Å². The number of imidazole rings is 1. The number of hydrogen-bond donors (Lipinski definition) is 2. The van der Waals surface area contributed by atoms with Gasteiger partial charge < -0.3 is 15.6 Å². The van der Waals surface area contributed by atoms with Crippen LogP contribution < -0.4 is 5.73 Å². The number of rotatable bonds is 3. The molecule has 1 aliphatic carbocycles. The molecule has 1 aliphatic rings. The average molecular weight is 208 g/mol. The molecule has 1 saturated carbocycles. The van der Waals surface area contributed by atoms with Gasteiger partial charge >= 0.3 is 0 Å². The zero-order valence-electron chi connectivity index (χ0n) is 8.86. The zero-order valence-corrected chi connectivity index (χ0v) is 8.86. The Labute approximate surface area is 88.7 Å². The summed E-state index contributed by atoms with van der Waals surface area (Å²) in [7, 11) is 1.76. The van der Waals surface area contributed by atoms with Crippen LogP contribution in [0.5, 0.6) is 0 Å². The Kier molecular flexibility index (Phi) is 2.48. The topological polar surface area (TPSA) is 75.0 Å². The van der Waals surface area contributed by atoms with Crippen molar-refractivity contribution in [2.45, 2.75) is 31.3 Å². The molecule has 3 N–H and O–H groups in total. The van der Waals surface area contributed by atoms with E-state index in [0.29, 0.717) is 6.54 Å². The van der Waals surface area contributed by atoms with Gasteiger partial charge in [-0.1, -0.05) is 0 Å². The van der Waals surface area contributed by atoms with E-state index in [-0.39, 0.29) is 5.91 Å². The quantitative estimate of drug-likeness (QED) is 0.747. The maximum atomic E-state index is 11.9. The molecular weight excluding hydrogens is 192 g/mol. The molecular formula is C10H16N4O. The second-order valence-corrected chi connectivity index (χ2v) is 4.21. The van der Waals surface area contributed by atoms with Gasteiger partial charge in [-0.25, -0.2) is 4.98 Å². The second-order valence-electron chi connectivity index (χ2n) is 4.21. The number of amides is 1. The van der Waals surface area contributed by atoms with Crippen LogP contribution in [0.3, 0.4) is 0 Å². The lowest BCUT2D eigenvalue weighted by molar-refractivity contribution is -0.139. The number of nitrogens with two attached hydrogens (primary N) is 1. The Bertz CT molecular complexity index is 342. The molecule has 5 nitrogen and oxygen atoms in total. The molecule has 1 aromatic heterocycles. The molecule has 0 bridgehead atoms. The first-order valence-electron chi connectivity index (χ1n) is 5.14. The minimum atomic E-state index is -0.610. The van der Waals surface area contributed by atoms with Crippen LogP contribution in [0.2, 0.25) is 0 Å². The third kappa shape index (κ3) is 1.87. The number of carbonyl (C=O) groups excluding carboxylic acids is 1. The maximum absolute atomic E-state index is 11.9. The van der Waals surface area contributed by atoms with E-state index in [9.17, 15) is 4.79 Å². The molecule has 1 aromatic rings. The van der Waals surface area contributed by atoms with Gasteiger partial charge in [-0.05, 0) is 19.3 Å². The van der Waals surface area contributed by atoms with E-state index in [0.717, 1.165) is 25.1 Å². The number of H-pyrrole nitrogens is 1. The molecule has 0 unspecified atom stereocenters. The van der Waals surface area contributed by atoms with Crippen molar-refractivity contribution in [3.05, 3.63) is 18.2 Å². The van der Waals surface area contributed by atoms with Crippen LogP contribution in [0.15, 0.2) is 12.4 Å². The molecule has 0 radical (unpaired) electrons. The number of likely N-dealkylation sites (N-methyl/N-ethyl adjacent to an activating group) is 1. The summed E-state index contributed by atoms with van der Waals surface area (Å²) in [6, 6.07) is 0. The molecule has 0 atom stereocenters. The third-order valence-corrected chi connectivity index (χ3v) is 2.96. The summed E-state index contributed by atoms with van der Waals surface area (Å²) in [5.74, 6) is 0.805. The van der Waals surface area contributed by atoms with E-state index in [4.69, 9.17) is 5.73 Å². The summed E-state index contributed by atoms with van der Waals surface area (Å²) < 4.78 is 0. The summed E-state index contributed by atoms with van der Waals surface area (Å²) in [6.45, 7) is 0.491. The van der Waals surface area contributed by atoms with Gasteiger partial charge in [0.1, 0.15) is 5.82 Å². The monoisotopic (exact) mass is 208 g/mol. The molecule has 2 rings (SSSR count). The molecule has 5 heteroatoms. The van der Waals surface area contributed by atoms with Gasteiger partial charge in [0.25, 0.3) is 0 Å². The molecule has 0 saturated heterocycles. The molecule has 15 heavy (non-hydrogen) atoms. The van der Waals surface area contributed by atoms with Crippen molar-refractivity contribution >= 4 is 5.91 Å². The minimum absolute atomic E-state index is 0.0187. The van der Waals surface area contributed by atoms with Gasteiger partial charge in [0.2, 0.25) is 5.91 Å². The lowest BCUT2D eigenvalue weighted by Crippen LogP contribution is -2.58. The highest BCUT2D eigenvalue weighted by Gasteiger charge is 2.41. The largest absolute Gasteiger partial charge is 0.347 e. The van der Waals surface area contributed by atoms with Gasteiger partial charge in [-0.2, -0.15) is 0 Å². The summed E-state index contributed by atoms with van der Waals surface area (Å²) in [6.07, 6.45) is 6.07. The Morgan fingerprint density at radius 2 is 2.47 bits per heavy atom. The van der Waals surface area contributed by atoms with Crippen molar-refractivity contribution in [3.8, 4) is 0 Å². The number of aromatic nitrogens is 2. The smallest absolute Gasteiger partial charge is 0.242 e. The van der Waals surface area contributed by atoms with Crippen molar-refractivity contribution < 1.29 is 4.79 Å². The SMILES string of the molecule is CN(Cc1ncc[nH]1)C(=O)C1(N)CCC1. The first-order valence-corrected chi connectivity index (χ1v) is 5.14. The van der Waals surface area contributed by atoms with Gasteiger partial charge in [-0.3, -0.25) is 4.79 Å². The van der Waals surface area contributed by atoms with E-state index in [1.807, 2.05) is 0 Å². The number of nitrogens with one attached hydrogen (secondary N) is 1. The van der Waals surface area contributed by atoms with Crippen LogP contribution in [0, 0.1) is 0 Å². The lowest BCUT2D eigenvalue weighted by atomic mass is 9.76. The molecule has 1 heterocycles. The van der Waals surface area contributed by atoms with Crippen molar-refractivity contribution in [2.75, 3.05) is 7.05 Å². The van der Waals surface area contributed by atoms with Crippen molar-refractivity contribution in [1.29, 1.82) is 0 Å². The van der Waals surface area contributed by atoms with Crippen LogP contribution >= 0.6 is 0 Å². The standard InChI is InChI=1S/C10H16N4O/c1-14(7-8-12-5-6-13-8)9(15)10(11)3-2-4-10/h5-6H,2-4,7,11H2,1H3,(H,12,13). The van der Waals surface area contributed by atoms with Gasteiger partial charge in [0.15, 0.2) is 0 Å². The van der Waals surface area contributed by atoms with Gasteiger partial charge in [-0.15, -0.1) is 0 Å². The highest BCUT2D eigenvalue weighted by Crippen LogP contribution is 2.30. The maximum Gasteiger partial charge on any atom is 0.242 e. The fourth-order valence-electron chi connectivity index (χ4n) is 1.83. The van der Waals surface area contributed by atoms with E-state index < -0.39 is 5.54 Å². The van der Waals surface area contributed by atoms with Gasteiger partial charge in [0.05, 0.1) is 12.1 Å². The van der Waals surface area contributed by atoms with Crippen LogP contribution in [-0.4, -0.2) is 33.4 Å². The van der Waals surface area contributed by atoms with Crippen molar-refractivity contribution in [1.82, 2.24) is 14.9 Å². The van der Waals surface area contributed by atoms with Crippen LogP contribution in [0.25, 0.3) is 0 Å². The molecule has 0 aromatic carbocycles. The predicted molar refractivity (Wildman–Crippen MR) is 55.8 cm³/mol. The Balaban J connectivity index is 1.96. The number of aromatic amines is 1. The molecule has 0 spiro atoms. The fraction of sp³-hybridized carbons (Fsp3) is 0.600. The second kappa shape index (κ2) is 3.66. The zero-order chi connectivity index (χ0) is 10.9. The Morgan fingerprint density at radius 1 is 1.73 bits per heavy atom. The number of hydrogen-bond acceptors (Lipinski definition) is 3. The lowest BCUT2D eigenvalue weighted by Gasteiger charge is -2.39. The number of nitrogens with zero attached hydrogens (tertiary/aromatic N) is 2. The normalized spacial score (nSPS) is 18.3. The van der Waals surface area contributed by atoms with Crippen LogP contribution in [-0.2, 0) is 11.3 Å². The summed E-state index contributed by atoms with van der Waals surface area (Å²) in [5.41, 5.74) is 5.34. The van der Waals surface area contributed by atoms with E-state index in [1.54, 1.807) is 24.3 Å². The molecule has 1 amide bonds. The summed E-state index contributed by atoms with van der Waals surface area (Å²) in [4.78, 5) is 20.6. The third-order valence-electron chi connectivity index (χ3n) is 2.96. The average Bonchev–Trinajstić information content (AvgIpc) is 2.65. The van der Waals surface area contributed by atoms with Crippen molar-refractivity contribution in [2.24, 2.45) is 5.73 Å². The summed E-state index contributed by atoms with van der Waals surface area (Å²) in [5, 5.41) is 0. The van der Waals surface area contributed by atoms with Crippen molar-refractivity contribution in [3.63, 3.8) is 0 Å². The first kappa shape index (κ1) is 10.2. The number of carbonyl (C=O) groups is 1. The fourth-order valence-corrected chi connectivity index (χ4v) is 1.83. The van der Waals surface area contributed by atoms with Crippen LogP contribution in [0.1, 0.15) is 25.1 Å². The van der Waals surface area contributed by atoms with E-state index >= 15 is 0 Å². The molecule has 0 aliphatic heterocycles. The first-order chi connectivity index (χ1) is 7.12. The highest BCUT2D eigenvalue weighted by molar-refractivity contribution is 5.86. The van der Waals surface area contributed by atoms with Crippen LogP contribution in [0.4, 0.5) is 0 Å². The Hall–Kier alpha value is -1.36. The Morgan fingerprint density at radius 3 is 2.93 bits per heavy atom.